The van der Waals surface area contributed by atoms with Gasteiger partial charge in [-0.2, -0.15) is 0 Å². The molecule has 0 heterocycles. The minimum absolute atomic E-state index is 0.670. The molecule has 72 valence electrons. The number of quaternary nitrogens is 1. The number of nitrogens with zero attached hydrogens (tertiary/aromatic N) is 1. The predicted molar refractivity (Wildman–Crippen MR) is 44.3 cm³/mol. The monoisotopic (exact) mass is 175 g/mol. The minimum atomic E-state index is -1.08. The molecule has 4 nitrogen and oxygen atoms in total. The summed E-state index contributed by atoms with van der Waals surface area (Å²) in [6.07, 6.45) is 1.63. The average molecular weight is 175 g/mol. The zero-order valence-electron chi connectivity index (χ0n) is 8.16. The lowest BCUT2D eigenvalue weighted by Crippen LogP contribution is -2.35. The number of rotatable bonds is 3. The van der Waals surface area contributed by atoms with Crippen molar-refractivity contribution in [2.24, 2.45) is 0 Å². The van der Waals surface area contributed by atoms with Gasteiger partial charge in [-0.05, 0) is 6.92 Å². The summed E-state index contributed by atoms with van der Waals surface area (Å²) in [5.41, 5.74) is 0. The first kappa shape index (κ1) is 13.7. The summed E-state index contributed by atoms with van der Waals surface area (Å²) in [6.45, 7) is 1.91. The standard InChI is InChI=1S/C6H14NO.C2H4O2/c1-7(2,3)5-4-6-8;1-2(3)4/h6H,4-5H2,1-3H3;1H3,(H,3,4)/q+1;/p-1. The maximum absolute atomic E-state index is 9.84. The molecular weight excluding hydrogens is 158 g/mol. The first-order chi connectivity index (χ1) is 5.29. The second kappa shape index (κ2) is 6.79. The number of aliphatic carboxylic acids is 1. The third-order valence-electron chi connectivity index (χ3n) is 0.918. The molecule has 0 N–H and O–H groups in total. The second-order valence-corrected chi connectivity index (χ2v) is 3.46. The molecule has 0 amide bonds. The fourth-order valence-corrected chi connectivity index (χ4v) is 0.440. The molecule has 12 heavy (non-hydrogen) atoms. The molecule has 0 fully saturated rings. The van der Waals surface area contributed by atoms with Crippen molar-refractivity contribution in [2.45, 2.75) is 13.3 Å². The van der Waals surface area contributed by atoms with E-state index >= 15 is 0 Å². The Morgan fingerprint density at radius 3 is 1.83 bits per heavy atom. The molecule has 0 rings (SSSR count). The van der Waals surface area contributed by atoms with Crippen molar-refractivity contribution in [2.75, 3.05) is 27.7 Å². The van der Waals surface area contributed by atoms with E-state index in [9.17, 15) is 4.79 Å². The van der Waals surface area contributed by atoms with Crippen molar-refractivity contribution < 1.29 is 19.2 Å². The van der Waals surface area contributed by atoms with Crippen LogP contribution in [-0.4, -0.2) is 44.4 Å². The molecule has 0 aliphatic rings. The summed E-state index contributed by atoms with van der Waals surface area (Å²) in [5.74, 6) is -1.08. The summed E-state index contributed by atoms with van der Waals surface area (Å²) < 4.78 is 0.874. The highest BCUT2D eigenvalue weighted by atomic mass is 16.4. The number of hydrogen-bond acceptors (Lipinski definition) is 3. The molecular formula is C8H17NO3. The molecule has 0 spiro atoms. The Hall–Kier alpha value is -0.900. The van der Waals surface area contributed by atoms with Crippen LogP contribution in [0.5, 0.6) is 0 Å². The van der Waals surface area contributed by atoms with E-state index < -0.39 is 5.97 Å². The zero-order valence-corrected chi connectivity index (χ0v) is 8.16. The molecule has 0 unspecified atom stereocenters. The number of carbonyl (C=O) groups excluding carboxylic acids is 2. The van der Waals surface area contributed by atoms with Gasteiger partial charge in [0.05, 0.1) is 34.1 Å². The van der Waals surface area contributed by atoms with Gasteiger partial charge in [-0.25, -0.2) is 0 Å². The summed E-state index contributed by atoms with van der Waals surface area (Å²) in [7, 11) is 6.22. The van der Waals surface area contributed by atoms with Crippen LogP contribution in [0, 0.1) is 0 Å². The topological polar surface area (TPSA) is 57.2 Å². The van der Waals surface area contributed by atoms with E-state index in [0.29, 0.717) is 6.42 Å². The van der Waals surface area contributed by atoms with Crippen LogP contribution < -0.4 is 5.11 Å². The third-order valence-corrected chi connectivity index (χ3v) is 0.918. The summed E-state index contributed by atoms with van der Waals surface area (Å²) in [5, 5.41) is 8.89. The fraction of sp³-hybridized carbons (Fsp3) is 0.750. The van der Waals surface area contributed by atoms with Crippen LogP contribution in [0.2, 0.25) is 0 Å². The SMILES string of the molecule is CC(=O)[O-].C[N+](C)(C)CCC=O. The third kappa shape index (κ3) is 35.5. The van der Waals surface area contributed by atoms with Crippen LogP contribution in [0.1, 0.15) is 13.3 Å². The van der Waals surface area contributed by atoms with Crippen molar-refractivity contribution in [3.05, 3.63) is 0 Å². The Bertz CT molecular complexity index is 134. The highest BCUT2D eigenvalue weighted by Gasteiger charge is 2.03. The van der Waals surface area contributed by atoms with Crippen molar-refractivity contribution in [3.8, 4) is 0 Å². The smallest absolute Gasteiger partial charge is 0.125 e. The van der Waals surface area contributed by atoms with Crippen molar-refractivity contribution >= 4 is 12.3 Å². The second-order valence-electron chi connectivity index (χ2n) is 3.46. The molecule has 0 aliphatic heterocycles. The number of carbonyl (C=O) groups is 2. The van der Waals surface area contributed by atoms with Gasteiger partial charge in [-0.3, -0.25) is 0 Å². The van der Waals surface area contributed by atoms with Crippen LogP contribution in [0.3, 0.4) is 0 Å². The lowest BCUT2D eigenvalue weighted by Gasteiger charge is -2.22. The molecule has 0 aromatic heterocycles. The van der Waals surface area contributed by atoms with E-state index in [4.69, 9.17) is 9.90 Å². The number of hydrogen-bond donors (Lipinski definition) is 0. The van der Waals surface area contributed by atoms with Crippen LogP contribution in [0.15, 0.2) is 0 Å². The Morgan fingerprint density at radius 2 is 1.75 bits per heavy atom. The molecule has 4 heteroatoms. The summed E-state index contributed by atoms with van der Waals surface area (Å²) in [4.78, 5) is 18.7. The number of aldehydes is 1. The lowest BCUT2D eigenvalue weighted by molar-refractivity contribution is -0.869. The van der Waals surface area contributed by atoms with Gasteiger partial charge in [0.25, 0.3) is 0 Å². The van der Waals surface area contributed by atoms with Gasteiger partial charge in [-0.15, -0.1) is 0 Å². The van der Waals surface area contributed by atoms with Gasteiger partial charge < -0.3 is 19.2 Å². The van der Waals surface area contributed by atoms with E-state index in [1.54, 1.807) is 0 Å². The largest absolute Gasteiger partial charge is 0.550 e. The maximum Gasteiger partial charge on any atom is 0.125 e. The van der Waals surface area contributed by atoms with Gasteiger partial charge in [0.2, 0.25) is 0 Å². The van der Waals surface area contributed by atoms with Crippen molar-refractivity contribution in [1.82, 2.24) is 0 Å². The molecule has 0 radical (unpaired) electrons. The fourth-order valence-electron chi connectivity index (χ4n) is 0.440. The van der Waals surface area contributed by atoms with Crippen LogP contribution >= 0.6 is 0 Å². The predicted octanol–water partition coefficient (Wildman–Crippen LogP) is -0.962. The van der Waals surface area contributed by atoms with Crippen molar-refractivity contribution in [3.63, 3.8) is 0 Å². The molecule has 0 aliphatic carbocycles. The van der Waals surface area contributed by atoms with E-state index in [1.165, 1.54) is 0 Å². The van der Waals surface area contributed by atoms with E-state index in [0.717, 1.165) is 24.2 Å². The van der Waals surface area contributed by atoms with E-state index in [2.05, 4.69) is 21.1 Å². The van der Waals surface area contributed by atoms with Crippen LogP contribution in [-0.2, 0) is 9.59 Å². The Labute approximate surface area is 73.4 Å². The van der Waals surface area contributed by atoms with E-state index in [-0.39, 0.29) is 0 Å². The first-order valence-corrected chi connectivity index (χ1v) is 3.71. The van der Waals surface area contributed by atoms with Gasteiger partial charge in [0, 0.05) is 5.97 Å². The van der Waals surface area contributed by atoms with Crippen molar-refractivity contribution in [1.29, 1.82) is 0 Å². The van der Waals surface area contributed by atoms with Gasteiger partial charge in [0.15, 0.2) is 0 Å². The average Bonchev–Trinajstić information content (AvgIpc) is 1.80. The van der Waals surface area contributed by atoms with Gasteiger partial charge >= 0.3 is 0 Å². The summed E-state index contributed by atoms with van der Waals surface area (Å²) in [6, 6.07) is 0. The number of carboxylic acids is 1. The first-order valence-electron chi connectivity index (χ1n) is 3.71. The summed E-state index contributed by atoms with van der Waals surface area (Å²) >= 11 is 0. The molecule has 0 aromatic carbocycles. The Kier molecular flexibility index (Phi) is 7.73. The van der Waals surface area contributed by atoms with Crippen LogP contribution in [0.4, 0.5) is 0 Å². The molecule has 0 bridgehead atoms. The Morgan fingerprint density at radius 1 is 1.42 bits per heavy atom. The molecule has 0 atom stereocenters. The minimum Gasteiger partial charge on any atom is -0.550 e. The zero-order chi connectivity index (χ0) is 10.2. The maximum atomic E-state index is 9.84. The van der Waals surface area contributed by atoms with Gasteiger partial charge in [0.1, 0.15) is 6.29 Å². The van der Waals surface area contributed by atoms with E-state index in [1.807, 2.05) is 0 Å². The lowest BCUT2D eigenvalue weighted by atomic mass is 10.4. The Balaban J connectivity index is 0. The van der Waals surface area contributed by atoms with Gasteiger partial charge in [-0.1, -0.05) is 0 Å². The normalized spacial score (nSPS) is 9.67. The molecule has 0 aromatic rings. The highest BCUT2D eigenvalue weighted by molar-refractivity contribution is 5.60. The van der Waals surface area contributed by atoms with Crippen LogP contribution in [0.25, 0.3) is 0 Å². The highest BCUT2D eigenvalue weighted by Crippen LogP contribution is 1.89. The number of carboxylic acid groups (broad SMARTS) is 1. The quantitative estimate of drug-likeness (QED) is 0.410. The molecule has 0 saturated carbocycles. The molecule has 0 saturated heterocycles.